The highest BCUT2D eigenvalue weighted by atomic mass is 31.3. The monoisotopic (exact) mass is 749 g/mol. The van der Waals surface area contributed by atoms with Crippen LogP contribution in [0.3, 0.4) is 0 Å². The molecule has 0 spiro atoms. The van der Waals surface area contributed by atoms with Crippen molar-refractivity contribution in [2.45, 2.75) is 31.5 Å². The van der Waals surface area contributed by atoms with Gasteiger partial charge in [-0.2, -0.15) is 13.6 Å². The Bertz CT molecular complexity index is 1710. The summed E-state index contributed by atoms with van der Waals surface area (Å²) in [5.41, 5.74) is 6.00. The molecule has 0 aliphatic carbocycles. The highest BCUT2D eigenvalue weighted by Crippen LogP contribution is 2.66. The van der Waals surface area contributed by atoms with Crippen molar-refractivity contribution in [3.05, 3.63) is 18.9 Å². The molecule has 2 aliphatic heterocycles. The van der Waals surface area contributed by atoms with Crippen molar-refractivity contribution >= 4 is 52.4 Å². The van der Waals surface area contributed by atoms with E-state index >= 15 is 0 Å². The first-order chi connectivity index (χ1) is 22.5. The number of rotatable bonds is 11. The van der Waals surface area contributed by atoms with Crippen LogP contribution in [0.4, 0.5) is 11.7 Å². The number of fused-ring (bicyclic) bond motifs is 1. The molecule has 2 fully saturated rings. The van der Waals surface area contributed by atoms with Gasteiger partial charge >= 0.3 is 29.4 Å². The molecule has 26 nitrogen and oxygen atoms in total. The van der Waals surface area contributed by atoms with Gasteiger partial charge in [-0.05, 0) is 6.61 Å². The molecule has 5 heterocycles. The molecule has 3 aromatic rings. The summed E-state index contributed by atoms with van der Waals surface area (Å²) in [6, 6.07) is 0. The van der Waals surface area contributed by atoms with Gasteiger partial charge < -0.3 is 54.8 Å². The number of anilines is 1. The van der Waals surface area contributed by atoms with E-state index in [0.717, 1.165) is 19.4 Å². The van der Waals surface area contributed by atoms with Crippen molar-refractivity contribution in [1.82, 2.24) is 24.8 Å². The molecule has 3 aromatic heterocycles. The highest BCUT2D eigenvalue weighted by molar-refractivity contribution is 7.66. The Hall–Kier alpha value is -3.19. The van der Waals surface area contributed by atoms with Gasteiger partial charge in [-0.1, -0.05) is 6.92 Å². The SMILES string of the molecule is CCO/C([O-])=N/c1c[n+](N2CCOCC2)no1.Nc1ncnc2c1ncn2[C@@H]1O[C@H](COP(=O)(O)OP(=O)(O)OP(=O)(O)O)[C@@H](O)[C@H]1O. The lowest BCUT2D eigenvalue weighted by Gasteiger charge is -2.19. The fraction of sp³-hybridized carbons (Fsp3) is 0.579. The first-order valence-electron chi connectivity index (χ1n) is 13.3. The molecule has 8 N–H and O–H groups in total. The van der Waals surface area contributed by atoms with Gasteiger partial charge in [-0.25, -0.2) is 28.6 Å². The maximum atomic E-state index is 11.8. The van der Waals surface area contributed by atoms with Crippen molar-refractivity contribution in [2.75, 3.05) is 50.3 Å². The Kier molecular flexibility index (Phi) is 12.2. The molecule has 6 atom stereocenters. The van der Waals surface area contributed by atoms with Crippen molar-refractivity contribution < 1.29 is 85.3 Å². The van der Waals surface area contributed by atoms with E-state index < -0.39 is 60.7 Å². The Labute approximate surface area is 268 Å². The van der Waals surface area contributed by atoms with Crippen LogP contribution in [0, 0.1) is 0 Å². The number of nitrogen functional groups attached to an aromatic ring is 1. The third-order valence-corrected chi connectivity index (χ3v) is 9.81. The van der Waals surface area contributed by atoms with E-state index in [1.165, 1.54) is 21.9 Å². The van der Waals surface area contributed by atoms with Crippen LogP contribution in [-0.4, -0.2) is 118 Å². The first-order valence-corrected chi connectivity index (χ1v) is 17.8. The van der Waals surface area contributed by atoms with Gasteiger partial charge in [0.05, 0.1) is 44.0 Å². The summed E-state index contributed by atoms with van der Waals surface area (Å²) < 4.78 is 66.7. The topological polar surface area (TPSA) is 366 Å². The summed E-state index contributed by atoms with van der Waals surface area (Å²) in [6.07, 6.45) is -2.84. The number of hydrogen-bond donors (Lipinski definition) is 7. The third-order valence-electron chi connectivity index (χ3n) is 6.01. The second kappa shape index (κ2) is 15.6. The number of phosphoric ester groups is 1. The predicted octanol–water partition coefficient (Wildman–Crippen LogP) is -3.31. The second-order valence-electron chi connectivity index (χ2n) is 9.35. The molecule has 0 aromatic carbocycles. The lowest BCUT2D eigenvalue weighted by Crippen LogP contribution is -2.62. The number of aliphatic hydroxyl groups is 2. The number of hydrogen-bond acceptors (Lipinski definition) is 20. The minimum atomic E-state index is -5.70. The maximum absolute atomic E-state index is 11.8. The largest absolute Gasteiger partial charge is 0.600 e. The fourth-order valence-electron chi connectivity index (χ4n) is 4.04. The molecular weight excluding hydrogens is 719 g/mol. The first kappa shape index (κ1) is 37.6. The van der Waals surface area contributed by atoms with Crippen molar-refractivity contribution in [3.63, 3.8) is 0 Å². The number of aliphatic hydroxyl groups excluding tert-OH is 2. The Balaban J connectivity index is 0.000000257. The molecule has 0 bridgehead atoms. The molecule has 2 aliphatic rings. The van der Waals surface area contributed by atoms with Crippen LogP contribution < -0.4 is 20.6 Å². The third kappa shape index (κ3) is 10.2. The molecule has 2 saturated heterocycles. The van der Waals surface area contributed by atoms with Crippen molar-refractivity contribution in [1.29, 1.82) is 0 Å². The lowest BCUT2D eigenvalue weighted by atomic mass is 10.1. The Morgan fingerprint density at radius 2 is 1.81 bits per heavy atom. The van der Waals surface area contributed by atoms with E-state index in [1.807, 2.05) is 5.01 Å². The summed E-state index contributed by atoms with van der Waals surface area (Å²) in [6.45, 7) is 3.75. The average Bonchev–Trinajstić information content (AvgIpc) is 3.70. The van der Waals surface area contributed by atoms with Crippen LogP contribution in [0.1, 0.15) is 13.2 Å². The van der Waals surface area contributed by atoms with Gasteiger partial charge in [0.15, 0.2) is 23.8 Å². The quantitative estimate of drug-likeness (QED) is 0.0436. The van der Waals surface area contributed by atoms with Gasteiger partial charge in [0.25, 0.3) is 6.20 Å². The van der Waals surface area contributed by atoms with Gasteiger partial charge in [0, 0.05) is 0 Å². The number of aromatic nitrogens is 6. The van der Waals surface area contributed by atoms with Crippen LogP contribution >= 0.6 is 23.5 Å². The van der Waals surface area contributed by atoms with Crippen LogP contribution in [0.15, 0.2) is 28.4 Å². The molecular formula is C19H30N9O17P3. The summed E-state index contributed by atoms with van der Waals surface area (Å²) in [4.78, 5) is 52.3. The van der Waals surface area contributed by atoms with Crippen LogP contribution in [-0.2, 0) is 41.1 Å². The molecule has 5 rings (SSSR count). The van der Waals surface area contributed by atoms with E-state index in [1.54, 1.807) is 6.92 Å². The summed E-state index contributed by atoms with van der Waals surface area (Å²) >= 11 is 0. The number of phosphoric acid groups is 3. The molecule has 29 heteroatoms. The molecule has 268 valence electrons. The lowest BCUT2D eigenvalue weighted by molar-refractivity contribution is -0.759. The normalized spacial score (nSPS) is 24.5. The number of nitrogens with zero attached hydrogens (tertiary/aromatic N) is 8. The van der Waals surface area contributed by atoms with E-state index in [9.17, 15) is 33.9 Å². The van der Waals surface area contributed by atoms with Gasteiger partial charge in [-0.3, -0.25) is 13.6 Å². The van der Waals surface area contributed by atoms with Crippen LogP contribution in [0.2, 0.25) is 0 Å². The molecule has 0 radical (unpaired) electrons. The zero-order chi connectivity index (χ0) is 35.3. The minimum Gasteiger partial charge on any atom is -0.600 e. The highest BCUT2D eigenvalue weighted by Gasteiger charge is 2.47. The number of ether oxygens (including phenoxy) is 3. The number of aliphatic imine (C=N–C) groups is 1. The zero-order valence-corrected chi connectivity index (χ0v) is 27.1. The molecule has 0 saturated carbocycles. The predicted molar refractivity (Wildman–Crippen MR) is 150 cm³/mol. The number of imidazole rings is 1. The summed E-state index contributed by atoms with van der Waals surface area (Å²) in [7, 11) is -16.7. The van der Waals surface area contributed by atoms with E-state index in [-0.39, 0.29) is 29.5 Å². The molecule has 2 unspecified atom stereocenters. The zero-order valence-electron chi connectivity index (χ0n) is 24.5. The minimum absolute atomic E-state index is 0.0426. The van der Waals surface area contributed by atoms with E-state index in [4.69, 9.17) is 34.4 Å². The fourth-order valence-corrected chi connectivity index (χ4v) is 7.07. The van der Waals surface area contributed by atoms with Crippen molar-refractivity contribution in [2.24, 2.45) is 4.99 Å². The van der Waals surface area contributed by atoms with E-state index in [0.29, 0.717) is 13.2 Å². The average molecular weight is 749 g/mol. The Morgan fingerprint density at radius 1 is 1.10 bits per heavy atom. The maximum Gasteiger partial charge on any atom is 0.490 e. The summed E-state index contributed by atoms with van der Waals surface area (Å²) in [5.74, 6) is 0.163. The van der Waals surface area contributed by atoms with Gasteiger partial charge in [-0.15, -0.1) is 5.01 Å². The van der Waals surface area contributed by atoms with E-state index in [2.05, 4.69) is 43.1 Å². The van der Waals surface area contributed by atoms with Gasteiger partial charge in [0.1, 0.15) is 30.2 Å². The number of morpholine rings is 1. The van der Waals surface area contributed by atoms with Crippen LogP contribution in [0.5, 0.6) is 0 Å². The smallest absolute Gasteiger partial charge is 0.490 e. The van der Waals surface area contributed by atoms with Crippen LogP contribution in [0.25, 0.3) is 11.2 Å². The van der Waals surface area contributed by atoms with Gasteiger partial charge in [0.2, 0.25) is 5.27 Å². The molecule has 0 amide bonds. The Morgan fingerprint density at radius 3 is 2.48 bits per heavy atom. The number of nitrogens with two attached hydrogens (primary N) is 1. The van der Waals surface area contributed by atoms with Crippen molar-refractivity contribution in [3.8, 4) is 0 Å². The second-order valence-corrected chi connectivity index (χ2v) is 13.8. The summed E-state index contributed by atoms with van der Waals surface area (Å²) in [5, 5.41) is 37.2. The standard InChI is InChI=1S/C10H16N5O13P3.C9H14N4O4/c11-8-5-9(13-2-12-8)15(3-14-5)10-7(17)6(16)4(26-10)1-25-30(21,22)28-31(23,24)27-29(18,19)20;1-2-16-9(14)10-8-7-13(11-17-8)12-3-5-15-6-4-12/h2-4,6-7,10,16-17H,1H2,(H,21,22)(H,23,24)(H2,11,12,13)(H2,18,19,20);7H,2-6H2,1H3/t4-,6-,7-,10-;/m1./s1. The molecule has 48 heavy (non-hydrogen) atoms.